The molecule has 0 aromatic heterocycles. The van der Waals surface area contributed by atoms with Gasteiger partial charge in [-0.05, 0) is 32.4 Å². The Hall–Kier alpha value is -0.0431. The topological polar surface area (TPSA) is 44.8 Å². The first-order valence-electron chi connectivity index (χ1n) is 5.68. The van der Waals surface area contributed by atoms with Gasteiger partial charge < -0.3 is 13.3 Å². The van der Waals surface area contributed by atoms with Crippen molar-refractivity contribution >= 4 is 27.4 Å². The fraction of sp³-hybridized carbons (Fsp3) is 0.900. The number of unbranched alkanes of at least 4 members (excludes halogenated alkanes) is 1. The average molecular weight is 266 g/mol. The van der Waals surface area contributed by atoms with Gasteiger partial charge in [-0.3, -0.25) is 4.79 Å². The predicted octanol–water partition coefficient (Wildman–Crippen LogP) is 2.27. The third-order valence-corrected chi connectivity index (χ3v) is 4.44. The van der Waals surface area contributed by atoms with Crippen LogP contribution >= 0.6 is 12.6 Å². The molecular weight excluding hydrogens is 244 g/mol. The number of hydrogen-bond acceptors (Lipinski definition) is 5. The third kappa shape index (κ3) is 7.27. The second-order valence-corrected chi connectivity index (χ2v) is 6.34. The lowest BCUT2D eigenvalue weighted by atomic mass is 10.3. The summed E-state index contributed by atoms with van der Waals surface area (Å²) < 4.78 is 16.1. The molecule has 0 heterocycles. The Morgan fingerprint density at radius 1 is 1.19 bits per heavy atom. The molecule has 0 rings (SSSR count). The Labute approximate surface area is 104 Å². The van der Waals surface area contributed by atoms with Crippen LogP contribution in [0.2, 0.25) is 6.55 Å². The van der Waals surface area contributed by atoms with Gasteiger partial charge >= 0.3 is 8.80 Å². The Balaban J connectivity index is 4.02. The van der Waals surface area contributed by atoms with Crippen molar-refractivity contribution in [3.63, 3.8) is 0 Å². The van der Waals surface area contributed by atoms with Crippen molar-refractivity contribution in [1.29, 1.82) is 0 Å². The maximum absolute atomic E-state index is 11.5. The molecule has 0 bridgehead atoms. The third-order valence-electron chi connectivity index (χ3n) is 1.90. The molecule has 0 aromatic rings. The van der Waals surface area contributed by atoms with E-state index in [-0.39, 0.29) is 5.97 Å². The molecular formula is C10H22O4SSi. The molecule has 96 valence electrons. The van der Waals surface area contributed by atoms with Crippen molar-refractivity contribution in [1.82, 2.24) is 0 Å². The van der Waals surface area contributed by atoms with Crippen molar-refractivity contribution in [3.05, 3.63) is 0 Å². The molecule has 0 spiro atoms. The molecule has 0 aliphatic carbocycles. The van der Waals surface area contributed by atoms with Gasteiger partial charge in [0, 0.05) is 26.2 Å². The van der Waals surface area contributed by atoms with Gasteiger partial charge in [-0.25, -0.2) is 0 Å². The molecule has 0 amide bonds. The first-order valence-corrected chi connectivity index (χ1v) is 8.54. The van der Waals surface area contributed by atoms with Crippen LogP contribution in [0.25, 0.3) is 0 Å². The van der Waals surface area contributed by atoms with Crippen LogP contribution in [-0.4, -0.2) is 33.7 Å². The first-order chi connectivity index (χ1) is 7.58. The lowest BCUT2D eigenvalue weighted by molar-refractivity contribution is -0.139. The van der Waals surface area contributed by atoms with Crippen molar-refractivity contribution in [3.8, 4) is 0 Å². The molecule has 0 saturated heterocycles. The lowest BCUT2D eigenvalue weighted by Crippen LogP contribution is -2.44. The molecule has 0 fully saturated rings. The summed E-state index contributed by atoms with van der Waals surface area (Å²) >= 11 is 4.08. The summed E-state index contributed by atoms with van der Waals surface area (Å²) in [5, 5.41) is 0. The molecule has 0 radical (unpaired) electrons. The largest absolute Gasteiger partial charge is 0.564 e. The van der Waals surface area contributed by atoms with Crippen molar-refractivity contribution in [2.24, 2.45) is 0 Å². The molecule has 0 aliphatic heterocycles. The van der Waals surface area contributed by atoms with E-state index in [4.69, 9.17) is 13.3 Å². The number of carbonyl (C=O) groups is 1. The SMILES string of the molecule is CCO[Si](C)(OCC)OC(=O)CCCCS. The monoisotopic (exact) mass is 266 g/mol. The molecule has 0 aliphatic rings. The molecule has 6 heteroatoms. The van der Waals surface area contributed by atoms with E-state index >= 15 is 0 Å². The highest BCUT2D eigenvalue weighted by Gasteiger charge is 2.38. The Bertz CT molecular complexity index is 195. The van der Waals surface area contributed by atoms with Crippen LogP contribution in [0.1, 0.15) is 33.1 Å². The van der Waals surface area contributed by atoms with E-state index < -0.39 is 8.80 Å². The summed E-state index contributed by atoms with van der Waals surface area (Å²) in [7, 11) is -2.74. The molecule has 16 heavy (non-hydrogen) atoms. The summed E-state index contributed by atoms with van der Waals surface area (Å²) in [4.78, 5) is 11.5. The van der Waals surface area contributed by atoms with E-state index in [1.807, 2.05) is 13.8 Å². The standard InChI is InChI=1S/C10H22O4SSi/c1-4-12-16(3,13-5-2)14-10(11)8-6-7-9-15/h15H,4-9H2,1-3H3. The quantitative estimate of drug-likeness (QED) is 0.395. The molecule has 0 unspecified atom stereocenters. The highest BCUT2D eigenvalue weighted by Crippen LogP contribution is 2.11. The minimum absolute atomic E-state index is 0.238. The Morgan fingerprint density at radius 3 is 2.19 bits per heavy atom. The summed E-state index contributed by atoms with van der Waals surface area (Å²) in [6.07, 6.45) is 2.12. The van der Waals surface area contributed by atoms with Gasteiger partial charge in [-0.15, -0.1) is 0 Å². The zero-order chi connectivity index (χ0) is 12.4. The van der Waals surface area contributed by atoms with Crippen LogP contribution in [0.4, 0.5) is 0 Å². The Kier molecular flexibility index (Phi) is 9.01. The maximum atomic E-state index is 11.5. The van der Waals surface area contributed by atoms with Gasteiger partial charge in [0.05, 0.1) is 0 Å². The molecule has 0 N–H and O–H groups in total. The normalized spacial score (nSPS) is 11.5. The minimum atomic E-state index is -2.74. The van der Waals surface area contributed by atoms with Crippen LogP contribution in [0.15, 0.2) is 0 Å². The first kappa shape index (κ1) is 16.0. The number of thiol groups is 1. The predicted molar refractivity (Wildman–Crippen MR) is 68.7 cm³/mol. The molecule has 0 aromatic carbocycles. The highest BCUT2D eigenvalue weighted by atomic mass is 32.1. The summed E-state index contributed by atoms with van der Waals surface area (Å²) in [6.45, 7) is 6.45. The van der Waals surface area contributed by atoms with Crippen LogP contribution in [0.5, 0.6) is 0 Å². The van der Waals surface area contributed by atoms with E-state index in [1.165, 1.54) is 0 Å². The maximum Gasteiger partial charge on any atom is 0.564 e. The van der Waals surface area contributed by atoms with Crippen LogP contribution in [0, 0.1) is 0 Å². The lowest BCUT2D eigenvalue weighted by Gasteiger charge is -2.24. The van der Waals surface area contributed by atoms with E-state index in [0.717, 1.165) is 18.6 Å². The smallest absolute Gasteiger partial charge is 0.473 e. The van der Waals surface area contributed by atoms with Crippen molar-refractivity contribution in [2.75, 3.05) is 19.0 Å². The van der Waals surface area contributed by atoms with Gasteiger partial charge in [-0.1, -0.05) is 0 Å². The van der Waals surface area contributed by atoms with Gasteiger partial charge in [0.2, 0.25) is 0 Å². The highest BCUT2D eigenvalue weighted by molar-refractivity contribution is 7.80. The number of rotatable bonds is 9. The van der Waals surface area contributed by atoms with E-state index in [0.29, 0.717) is 19.6 Å². The molecule has 0 saturated carbocycles. The summed E-state index contributed by atoms with van der Waals surface area (Å²) in [5.41, 5.74) is 0. The fourth-order valence-corrected chi connectivity index (χ4v) is 3.25. The van der Waals surface area contributed by atoms with Crippen molar-refractivity contribution in [2.45, 2.75) is 39.7 Å². The van der Waals surface area contributed by atoms with Crippen LogP contribution < -0.4 is 0 Å². The number of hydrogen-bond donors (Lipinski definition) is 1. The van der Waals surface area contributed by atoms with Gasteiger partial charge in [0.1, 0.15) is 0 Å². The molecule has 4 nitrogen and oxygen atoms in total. The summed E-state index contributed by atoms with van der Waals surface area (Å²) in [5.74, 6) is 0.552. The second-order valence-electron chi connectivity index (χ2n) is 3.38. The second kappa shape index (κ2) is 9.04. The average Bonchev–Trinajstić information content (AvgIpc) is 2.18. The fourth-order valence-electron chi connectivity index (χ4n) is 1.26. The van der Waals surface area contributed by atoms with Crippen LogP contribution in [-0.2, 0) is 18.1 Å². The van der Waals surface area contributed by atoms with E-state index in [1.54, 1.807) is 6.55 Å². The van der Waals surface area contributed by atoms with Gasteiger partial charge in [0.15, 0.2) is 0 Å². The summed E-state index contributed by atoms with van der Waals surface area (Å²) in [6, 6.07) is 0. The number of carbonyl (C=O) groups excluding carboxylic acids is 1. The van der Waals surface area contributed by atoms with E-state index in [2.05, 4.69) is 12.6 Å². The zero-order valence-corrected chi connectivity index (χ0v) is 12.2. The van der Waals surface area contributed by atoms with Gasteiger partial charge in [0.25, 0.3) is 5.97 Å². The van der Waals surface area contributed by atoms with Crippen molar-refractivity contribution < 1.29 is 18.1 Å². The zero-order valence-electron chi connectivity index (χ0n) is 10.3. The van der Waals surface area contributed by atoms with E-state index in [9.17, 15) is 4.79 Å². The Morgan fingerprint density at radius 2 is 1.75 bits per heavy atom. The van der Waals surface area contributed by atoms with Gasteiger partial charge in [-0.2, -0.15) is 12.6 Å². The molecule has 0 atom stereocenters. The minimum Gasteiger partial charge on any atom is -0.473 e. The van der Waals surface area contributed by atoms with Crippen LogP contribution in [0.3, 0.4) is 0 Å².